The molecule has 1 aromatic heterocycles. The van der Waals surface area contributed by atoms with E-state index in [-0.39, 0.29) is 5.56 Å². The summed E-state index contributed by atoms with van der Waals surface area (Å²) in [4.78, 5) is 6.97. The molecule has 1 N–H and O–H groups in total. The summed E-state index contributed by atoms with van der Waals surface area (Å²) >= 11 is 11.4. The van der Waals surface area contributed by atoms with Gasteiger partial charge in [0.2, 0.25) is 0 Å². The highest BCUT2D eigenvalue weighted by Gasteiger charge is 2.12. The van der Waals surface area contributed by atoms with Crippen LogP contribution in [0.15, 0.2) is 42.6 Å². The van der Waals surface area contributed by atoms with Crippen molar-refractivity contribution < 1.29 is 8.78 Å². The molecule has 1 heterocycles. The van der Waals surface area contributed by atoms with Gasteiger partial charge in [0.05, 0.1) is 17.5 Å². The summed E-state index contributed by atoms with van der Waals surface area (Å²) in [5.74, 6) is -0.678. The molecular weight excluding hydrogens is 317 g/mol. The van der Waals surface area contributed by atoms with Crippen LogP contribution in [0.2, 0.25) is 10.0 Å². The number of hydrogen-bond acceptors (Lipinski definition) is 1. The number of nitrogens with one attached hydrogen (secondary N) is 1. The summed E-state index contributed by atoms with van der Waals surface area (Å²) < 4.78 is 27.7. The van der Waals surface area contributed by atoms with Crippen LogP contribution in [0.25, 0.3) is 22.6 Å². The second-order valence-electron chi connectivity index (χ2n) is 4.39. The summed E-state index contributed by atoms with van der Waals surface area (Å²) in [5, 5.41) is 0.603. The Morgan fingerprint density at radius 3 is 2.00 bits per heavy atom. The molecule has 0 aliphatic rings. The van der Waals surface area contributed by atoms with E-state index < -0.39 is 11.6 Å². The molecule has 0 radical (unpaired) electrons. The maximum absolute atomic E-state index is 13.9. The Labute approximate surface area is 129 Å². The van der Waals surface area contributed by atoms with Crippen molar-refractivity contribution in [3.05, 3.63) is 64.3 Å². The number of hydrogen-bond donors (Lipinski definition) is 1. The van der Waals surface area contributed by atoms with Crippen molar-refractivity contribution in [1.29, 1.82) is 0 Å². The lowest BCUT2D eigenvalue weighted by atomic mass is 10.1. The Hall–Kier alpha value is -1.91. The highest BCUT2D eigenvalue weighted by molar-refractivity contribution is 6.30. The fourth-order valence-corrected chi connectivity index (χ4v) is 2.30. The van der Waals surface area contributed by atoms with Gasteiger partial charge >= 0.3 is 0 Å². The van der Waals surface area contributed by atoms with Gasteiger partial charge in [0.25, 0.3) is 0 Å². The highest BCUT2D eigenvalue weighted by atomic mass is 35.5. The van der Waals surface area contributed by atoms with Gasteiger partial charge < -0.3 is 4.98 Å². The molecular formula is C15H8Cl2F2N2. The zero-order valence-electron chi connectivity index (χ0n) is 10.5. The topological polar surface area (TPSA) is 28.7 Å². The molecule has 0 saturated heterocycles. The second kappa shape index (κ2) is 5.47. The summed E-state index contributed by atoms with van der Waals surface area (Å²) in [6.45, 7) is 0. The van der Waals surface area contributed by atoms with Crippen LogP contribution < -0.4 is 0 Å². The van der Waals surface area contributed by atoms with E-state index in [0.29, 0.717) is 27.1 Å². The van der Waals surface area contributed by atoms with Crippen molar-refractivity contribution in [2.75, 3.05) is 0 Å². The first-order valence-corrected chi connectivity index (χ1v) is 6.76. The minimum Gasteiger partial charge on any atom is -0.338 e. The minimum absolute atomic E-state index is 0.264. The lowest BCUT2D eigenvalue weighted by Gasteiger charge is -2.02. The molecule has 6 heteroatoms. The Morgan fingerprint density at radius 1 is 0.857 bits per heavy atom. The average molecular weight is 325 g/mol. The Morgan fingerprint density at radius 2 is 1.43 bits per heavy atom. The number of imidazole rings is 1. The third-order valence-electron chi connectivity index (χ3n) is 2.98. The number of rotatable bonds is 2. The zero-order valence-corrected chi connectivity index (χ0v) is 12.0. The molecule has 106 valence electrons. The lowest BCUT2D eigenvalue weighted by Crippen LogP contribution is -1.87. The maximum atomic E-state index is 13.9. The van der Waals surface area contributed by atoms with Gasteiger partial charge in [-0.25, -0.2) is 13.8 Å². The highest BCUT2D eigenvalue weighted by Crippen LogP contribution is 2.28. The van der Waals surface area contributed by atoms with Gasteiger partial charge in [0, 0.05) is 15.6 Å². The van der Waals surface area contributed by atoms with Gasteiger partial charge in [-0.15, -0.1) is 0 Å². The van der Waals surface area contributed by atoms with E-state index in [0.717, 1.165) is 0 Å². The van der Waals surface area contributed by atoms with Gasteiger partial charge in [-0.05, 0) is 36.4 Å². The van der Waals surface area contributed by atoms with Crippen molar-refractivity contribution in [3.8, 4) is 22.6 Å². The van der Waals surface area contributed by atoms with Gasteiger partial charge in [-0.3, -0.25) is 0 Å². The van der Waals surface area contributed by atoms with Crippen molar-refractivity contribution >= 4 is 23.2 Å². The molecule has 0 amide bonds. The second-order valence-corrected chi connectivity index (χ2v) is 5.27. The normalized spacial score (nSPS) is 10.9. The monoisotopic (exact) mass is 324 g/mol. The molecule has 21 heavy (non-hydrogen) atoms. The average Bonchev–Trinajstić information content (AvgIpc) is 2.87. The van der Waals surface area contributed by atoms with E-state index >= 15 is 0 Å². The van der Waals surface area contributed by atoms with Crippen LogP contribution in [0, 0.1) is 11.6 Å². The number of benzene rings is 2. The molecule has 0 fully saturated rings. The van der Waals surface area contributed by atoms with Crippen LogP contribution in [0.1, 0.15) is 0 Å². The number of aromatic amines is 1. The lowest BCUT2D eigenvalue weighted by molar-refractivity contribution is 0.630. The molecule has 0 aliphatic carbocycles. The largest absolute Gasteiger partial charge is 0.338 e. The van der Waals surface area contributed by atoms with E-state index in [2.05, 4.69) is 9.97 Å². The molecule has 0 atom stereocenters. The fourth-order valence-electron chi connectivity index (χ4n) is 1.98. The molecule has 0 bridgehead atoms. The molecule has 3 rings (SSSR count). The van der Waals surface area contributed by atoms with Gasteiger partial charge in [-0.1, -0.05) is 23.2 Å². The molecule has 2 nitrogen and oxygen atoms in total. The van der Waals surface area contributed by atoms with E-state index in [4.69, 9.17) is 23.2 Å². The summed E-state index contributed by atoms with van der Waals surface area (Å²) in [5.41, 5.74) is 1.01. The standard InChI is InChI=1S/C15H8Cl2F2N2/c16-8-1-3-10(12(18)5-8)14-7-20-15(21-14)11-4-2-9(17)6-13(11)19/h1-7H,(H,20,21). The molecule has 3 aromatic rings. The fraction of sp³-hybridized carbons (Fsp3) is 0. The zero-order chi connectivity index (χ0) is 15.0. The van der Waals surface area contributed by atoms with Crippen LogP contribution in [-0.4, -0.2) is 9.97 Å². The Bertz CT molecular complexity index is 749. The number of aromatic nitrogens is 2. The molecule has 0 spiro atoms. The Balaban J connectivity index is 2.03. The third kappa shape index (κ3) is 2.77. The van der Waals surface area contributed by atoms with Crippen molar-refractivity contribution in [2.24, 2.45) is 0 Å². The van der Waals surface area contributed by atoms with E-state index in [1.807, 2.05) is 0 Å². The van der Waals surface area contributed by atoms with Crippen molar-refractivity contribution in [3.63, 3.8) is 0 Å². The molecule has 0 saturated carbocycles. The maximum Gasteiger partial charge on any atom is 0.140 e. The van der Waals surface area contributed by atoms with E-state index in [1.165, 1.54) is 30.5 Å². The van der Waals surface area contributed by atoms with Gasteiger partial charge in [0.15, 0.2) is 0 Å². The smallest absolute Gasteiger partial charge is 0.140 e. The summed E-state index contributed by atoms with van der Waals surface area (Å²) in [7, 11) is 0. The molecule has 2 aromatic carbocycles. The quantitative estimate of drug-likeness (QED) is 0.678. The first-order valence-electron chi connectivity index (χ1n) is 6.00. The van der Waals surface area contributed by atoms with Crippen molar-refractivity contribution in [2.45, 2.75) is 0 Å². The van der Waals surface area contributed by atoms with E-state index in [1.54, 1.807) is 12.1 Å². The van der Waals surface area contributed by atoms with E-state index in [9.17, 15) is 8.78 Å². The third-order valence-corrected chi connectivity index (χ3v) is 3.45. The van der Waals surface area contributed by atoms with Crippen LogP contribution in [-0.2, 0) is 0 Å². The van der Waals surface area contributed by atoms with Crippen molar-refractivity contribution in [1.82, 2.24) is 9.97 Å². The number of halogens is 4. The summed E-state index contributed by atoms with van der Waals surface area (Å²) in [6.07, 6.45) is 1.44. The van der Waals surface area contributed by atoms with Crippen LogP contribution >= 0.6 is 23.2 Å². The van der Waals surface area contributed by atoms with Gasteiger partial charge in [0.1, 0.15) is 17.5 Å². The van der Waals surface area contributed by atoms with Crippen LogP contribution in [0.5, 0.6) is 0 Å². The first-order chi connectivity index (χ1) is 10.0. The number of nitrogens with zero attached hydrogens (tertiary/aromatic N) is 1. The predicted molar refractivity (Wildman–Crippen MR) is 79.4 cm³/mol. The predicted octanol–water partition coefficient (Wildman–Crippen LogP) is 5.33. The Kier molecular flexibility index (Phi) is 3.66. The number of H-pyrrole nitrogens is 1. The minimum atomic E-state index is -0.500. The molecule has 0 unspecified atom stereocenters. The van der Waals surface area contributed by atoms with Crippen LogP contribution in [0.4, 0.5) is 8.78 Å². The first kappa shape index (κ1) is 14.0. The van der Waals surface area contributed by atoms with Gasteiger partial charge in [-0.2, -0.15) is 0 Å². The van der Waals surface area contributed by atoms with Crippen LogP contribution in [0.3, 0.4) is 0 Å². The molecule has 0 aliphatic heterocycles. The SMILES string of the molecule is Fc1cc(Cl)ccc1-c1cnc(-c2ccc(Cl)cc2F)[nH]1. The summed E-state index contributed by atoms with van der Waals surface area (Å²) in [6, 6.07) is 8.59.